The van der Waals surface area contributed by atoms with Crippen LogP contribution in [0, 0.1) is 10.5 Å². The highest BCUT2D eigenvalue weighted by atomic mass is 127. The highest BCUT2D eigenvalue weighted by molar-refractivity contribution is 14.1. The summed E-state index contributed by atoms with van der Waals surface area (Å²) in [6.07, 6.45) is 3.36. The van der Waals surface area contributed by atoms with Gasteiger partial charge in [-0.05, 0) is 89.7 Å². The predicted octanol–water partition coefficient (Wildman–Crippen LogP) is 4.85. The van der Waals surface area contributed by atoms with Crippen LogP contribution in [0.3, 0.4) is 0 Å². The maximum Gasteiger partial charge on any atom is 0.243 e. The van der Waals surface area contributed by atoms with Gasteiger partial charge in [0, 0.05) is 52.4 Å². The normalized spacial score (nSPS) is 11.6. The van der Waals surface area contributed by atoms with E-state index in [2.05, 4.69) is 43.9 Å². The van der Waals surface area contributed by atoms with E-state index in [4.69, 9.17) is 4.74 Å². The van der Waals surface area contributed by atoms with Crippen molar-refractivity contribution in [3.8, 4) is 5.75 Å². The lowest BCUT2D eigenvalue weighted by Crippen LogP contribution is -2.34. The second-order valence-corrected chi connectivity index (χ2v) is 11.0. The number of methoxy groups -OCH3 is 1. The first-order valence-electron chi connectivity index (χ1n) is 10.7. The fraction of sp³-hybridized carbons (Fsp3) is 0.200. The highest BCUT2D eigenvalue weighted by Crippen LogP contribution is 2.26. The molecule has 2 aromatic heterocycles. The molecule has 9 heteroatoms. The summed E-state index contributed by atoms with van der Waals surface area (Å²) in [4.78, 5) is 8.96. The summed E-state index contributed by atoms with van der Waals surface area (Å²) in [5, 5.41) is 4.44. The maximum atomic E-state index is 13.5. The molecule has 0 spiro atoms. The highest BCUT2D eigenvalue weighted by Gasteiger charge is 2.24. The van der Waals surface area contributed by atoms with Crippen molar-refractivity contribution in [1.82, 2.24) is 14.3 Å². The lowest BCUT2D eigenvalue weighted by molar-refractivity contribution is 0.412. The quantitative estimate of drug-likeness (QED) is 0.282. The van der Waals surface area contributed by atoms with E-state index >= 15 is 0 Å². The van der Waals surface area contributed by atoms with Crippen molar-refractivity contribution >= 4 is 49.2 Å². The van der Waals surface area contributed by atoms with Crippen LogP contribution in [-0.2, 0) is 16.6 Å². The third-order valence-corrected chi connectivity index (χ3v) is 7.88. The summed E-state index contributed by atoms with van der Waals surface area (Å²) in [5.41, 5.74) is 3.55. The largest absolute Gasteiger partial charge is 0.497 e. The molecule has 34 heavy (non-hydrogen) atoms. The number of aromatic nitrogens is 2. The number of aryl methyl sites for hydroxylation is 1. The molecule has 2 heterocycles. The van der Waals surface area contributed by atoms with Crippen LogP contribution in [-0.4, -0.2) is 42.9 Å². The van der Waals surface area contributed by atoms with Crippen LogP contribution >= 0.6 is 22.6 Å². The summed E-state index contributed by atoms with van der Waals surface area (Å²) >= 11 is 2.28. The number of sulfonamides is 1. The summed E-state index contributed by atoms with van der Waals surface area (Å²) in [6, 6.07) is 18.2. The number of ether oxygens (including phenoxy) is 1. The first-order valence-corrected chi connectivity index (χ1v) is 13.2. The van der Waals surface area contributed by atoms with Gasteiger partial charge in [0.05, 0.1) is 17.5 Å². The molecule has 0 bridgehead atoms. The molecule has 0 radical (unpaired) electrons. The molecule has 4 rings (SSSR count). The number of hydrogen-bond acceptors (Lipinski definition) is 6. The zero-order valence-corrected chi connectivity index (χ0v) is 21.9. The zero-order chi connectivity index (χ0) is 24.1. The van der Waals surface area contributed by atoms with Crippen molar-refractivity contribution in [2.45, 2.75) is 18.4 Å². The Balaban J connectivity index is 1.59. The molecule has 0 amide bonds. The van der Waals surface area contributed by atoms with E-state index in [1.165, 1.54) is 4.31 Å². The monoisotopic (exact) mass is 588 g/mol. The molecular formula is C25H25IN4O3S. The van der Waals surface area contributed by atoms with E-state index in [9.17, 15) is 8.42 Å². The number of nitrogens with zero attached hydrogens (tertiary/aromatic N) is 3. The Hall–Kier alpha value is -2.76. The molecular weight excluding hydrogens is 563 g/mol. The Morgan fingerprint density at radius 3 is 2.59 bits per heavy atom. The molecule has 0 saturated heterocycles. The van der Waals surface area contributed by atoms with Crippen molar-refractivity contribution in [2.75, 3.05) is 25.5 Å². The molecule has 0 unspecified atom stereocenters. The number of nitrogens with one attached hydrogen (secondary N) is 1. The molecule has 4 aromatic rings. The summed E-state index contributed by atoms with van der Waals surface area (Å²) in [7, 11) is -2.19. The third-order valence-electron chi connectivity index (χ3n) is 5.35. The van der Waals surface area contributed by atoms with Gasteiger partial charge in [-0.15, -0.1) is 0 Å². The number of benzene rings is 2. The number of rotatable bonds is 9. The van der Waals surface area contributed by atoms with Crippen LogP contribution in [0.25, 0.3) is 10.9 Å². The number of halogens is 1. The first-order chi connectivity index (χ1) is 16.4. The SMILES string of the molecule is COc1ccc(S(=O)(=O)N(CCNc2cc(C)nc3ccc(I)cc23)Cc2cccnc2)cc1. The second kappa shape index (κ2) is 10.7. The number of pyridine rings is 2. The molecule has 176 valence electrons. The van der Waals surface area contributed by atoms with Crippen LogP contribution in [0.15, 0.2) is 78.0 Å². The first kappa shape index (κ1) is 24.4. The average Bonchev–Trinajstić information content (AvgIpc) is 2.84. The third kappa shape index (κ3) is 5.65. The Kier molecular flexibility index (Phi) is 7.64. The molecule has 0 atom stereocenters. The maximum absolute atomic E-state index is 13.5. The Bertz CT molecular complexity index is 1380. The fourth-order valence-corrected chi connectivity index (χ4v) is 5.59. The molecule has 1 N–H and O–H groups in total. The minimum absolute atomic E-state index is 0.219. The summed E-state index contributed by atoms with van der Waals surface area (Å²) < 4.78 is 34.8. The number of fused-ring (bicyclic) bond motifs is 1. The molecule has 0 aliphatic rings. The van der Waals surface area contributed by atoms with E-state index in [0.29, 0.717) is 12.3 Å². The van der Waals surface area contributed by atoms with Gasteiger partial charge in [-0.25, -0.2) is 8.42 Å². The van der Waals surface area contributed by atoms with Crippen molar-refractivity contribution in [2.24, 2.45) is 0 Å². The number of hydrogen-bond donors (Lipinski definition) is 1. The lowest BCUT2D eigenvalue weighted by Gasteiger charge is -2.23. The van der Waals surface area contributed by atoms with E-state index in [-0.39, 0.29) is 18.0 Å². The van der Waals surface area contributed by atoms with Crippen LogP contribution in [0.1, 0.15) is 11.3 Å². The van der Waals surface area contributed by atoms with Crippen molar-refractivity contribution in [3.05, 3.63) is 87.9 Å². The van der Waals surface area contributed by atoms with Gasteiger partial charge in [-0.3, -0.25) is 9.97 Å². The van der Waals surface area contributed by atoms with E-state index < -0.39 is 10.0 Å². The van der Waals surface area contributed by atoms with E-state index in [0.717, 1.165) is 31.4 Å². The van der Waals surface area contributed by atoms with Gasteiger partial charge in [0.1, 0.15) is 5.75 Å². The van der Waals surface area contributed by atoms with Gasteiger partial charge in [0.2, 0.25) is 10.0 Å². The van der Waals surface area contributed by atoms with Crippen LogP contribution < -0.4 is 10.1 Å². The van der Waals surface area contributed by atoms with Gasteiger partial charge >= 0.3 is 0 Å². The minimum Gasteiger partial charge on any atom is -0.497 e. The van der Waals surface area contributed by atoms with Crippen LogP contribution in [0.2, 0.25) is 0 Å². The average molecular weight is 588 g/mol. The Morgan fingerprint density at radius 1 is 1.09 bits per heavy atom. The van der Waals surface area contributed by atoms with Crippen LogP contribution in [0.5, 0.6) is 5.75 Å². The molecule has 0 aliphatic heterocycles. The fourth-order valence-electron chi connectivity index (χ4n) is 3.67. The van der Waals surface area contributed by atoms with E-state index in [1.54, 1.807) is 49.8 Å². The summed E-state index contributed by atoms with van der Waals surface area (Å²) in [5.74, 6) is 0.606. The Labute approximate surface area is 213 Å². The predicted molar refractivity (Wildman–Crippen MR) is 143 cm³/mol. The lowest BCUT2D eigenvalue weighted by atomic mass is 10.1. The molecule has 0 saturated carbocycles. The van der Waals surface area contributed by atoms with Crippen molar-refractivity contribution in [3.63, 3.8) is 0 Å². The van der Waals surface area contributed by atoms with E-state index in [1.807, 2.05) is 31.2 Å². The van der Waals surface area contributed by atoms with Crippen molar-refractivity contribution < 1.29 is 13.2 Å². The molecule has 7 nitrogen and oxygen atoms in total. The minimum atomic E-state index is -3.74. The molecule has 0 aliphatic carbocycles. The van der Waals surface area contributed by atoms with Gasteiger partial charge in [-0.1, -0.05) is 6.07 Å². The Morgan fingerprint density at radius 2 is 1.88 bits per heavy atom. The van der Waals surface area contributed by atoms with Gasteiger partial charge < -0.3 is 10.1 Å². The van der Waals surface area contributed by atoms with Crippen LogP contribution in [0.4, 0.5) is 5.69 Å². The van der Waals surface area contributed by atoms with Gasteiger partial charge in [0.25, 0.3) is 0 Å². The smallest absolute Gasteiger partial charge is 0.243 e. The number of anilines is 1. The van der Waals surface area contributed by atoms with Gasteiger partial charge in [0.15, 0.2) is 0 Å². The van der Waals surface area contributed by atoms with Crippen molar-refractivity contribution in [1.29, 1.82) is 0 Å². The summed E-state index contributed by atoms with van der Waals surface area (Å²) in [6.45, 7) is 2.87. The van der Waals surface area contributed by atoms with Gasteiger partial charge in [-0.2, -0.15) is 4.31 Å². The topological polar surface area (TPSA) is 84.4 Å². The molecule has 2 aromatic carbocycles. The second-order valence-electron chi connectivity index (χ2n) is 7.77. The standard InChI is InChI=1S/C25H25IN4O3S/c1-18-14-25(23-15-20(26)5-10-24(23)29-18)28-12-13-30(17-19-4-3-11-27-16-19)34(31,32)22-8-6-21(33-2)7-9-22/h3-11,14-16H,12-13,17H2,1-2H3,(H,28,29). The molecule has 0 fully saturated rings. The zero-order valence-electron chi connectivity index (χ0n) is 18.9.